The zero-order valence-electron chi connectivity index (χ0n) is 9.65. The monoisotopic (exact) mass is 218 g/mol. The molecule has 1 amide bonds. The molecular formula is C13H18N2O. The highest BCUT2D eigenvalue weighted by Gasteiger charge is 2.27. The Bertz CT molecular complexity index is 346. The molecule has 1 aliphatic carbocycles. The van der Waals surface area contributed by atoms with Crippen LogP contribution in [0.4, 0.5) is 0 Å². The zero-order chi connectivity index (χ0) is 11.4. The highest BCUT2D eigenvalue weighted by molar-refractivity contribution is 5.84. The van der Waals surface area contributed by atoms with Gasteiger partial charge in [-0.1, -0.05) is 19.4 Å². The molecule has 16 heavy (non-hydrogen) atoms. The molecule has 0 spiro atoms. The molecule has 0 saturated heterocycles. The lowest BCUT2D eigenvalue weighted by Gasteiger charge is -2.15. The van der Waals surface area contributed by atoms with Gasteiger partial charge in [0, 0.05) is 18.4 Å². The maximum absolute atomic E-state index is 12.0. The lowest BCUT2D eigenvalue weighted by Crippen LogP contribution is -2.31. The van der Waals surface area contributed by atoms with Gasteiger partial charge < -0.3 is 5.32 Å². The number of aromatic nitrogens is 1. The van der Waals surface area contributed by atoms with Crippen LogP contribution in [0.2, 0.25) is 0 Å². The average Bonchev–Trinajstić information content (AvgIpc) is 3.11. The van der Waals surface area contributed by atoms with E-state index in [4.69, 9.17) is 0 Å². The van der Waals surface area contributed by atoms with Crippen LogP contribution in [0, 0.1) is 0 Å². The van der Waals surface area contributed by atoms with Crippen molar-refractivity contribution < 1.29 is 4.79 Å². The second-order valence-electron chi connectivity index (χ2n) is 4.41. The van der Waals surface area contributed by atoms with Crippen LogP contribution in [0.15, 0.2) is 24.5 Å². The maximum atomic E-state index is 12.0. The maximum Gasteiger partial charge on any atom is 0.227 e. The number of amides is 1. The third-order valence-electron chi connectivity index (χ3n) is 2.90. The molecule has 1 N–H and O–H groups in total. The van der Waals surface area contributed by atoms with Crippen molar-refractivity contribution in [1.29, 1.82) is 0 Å². The zero-order valence-corrected chi connectivity index (χ0v) is 9.65. The summed E-state index contributed by atoms with van der Waals surface area (Å²) in [7, 11) is 0. The van der Waals surface area contributed by atoms with Crippen molar-refractivity contribution in [2.24, 2.45) is 0 Å². The SMILES string of the molecule is CCCC(C(=O)NC1CC1)c1cccnc1. The van der Waals surface area contributed by atoms with Crippen LogP contribution in [-0.4, -0.2) is 16.9 Å². The van der Waals surface area contributed by atoms with Crippen molar-refractivity contribution in [3.05, 3.63) is 30.1 Å². The summed E-state index contributed by atoms with van der Waals surface area (Å²) in [6.45, 7) is 2.10. The molecule has 1 aromatic heterocycles. The summed E-state index contributed by atoms with van der Waals surface area (Å²) in [5, 5.41) is 3.07. The molecule has 1 atom stereocenters. The second-order valence-corrected chi connectivity index (χ2v) is 4.41. The van der Waals surface area contributed by atoms with Crippen LogP contribution in [0.3, 0.4) is 0 Å². The minimum Gasteiger partial charge on any atom is -0.353 e. The Morgan fingerprint density at radius 2 is 2.44 bits per heavy atom. The Hall–Kier alpha value is -1.38. The summed E-state index contributed by atoms with van der Waals surface area (Å²) >= 11 is 0. The van der Waals surface area contributed by atoms with E-state index in [-0.39, 0.29) is 11.8 Å². The van der Waals surface area contributed by atoms with Crippen molar-refractivity contribution >= 4 is 5.91 Å². The molecule has 1 saturated carbocycles. The van der Waals surface area contributed by atoms with Gasteiger partial charge in [0.05, 0.1) is 5.92 Å². The van der Waals surface area contributed by atoms with Gasteiger partial charge in [0.25, 0.3) is 0 Å². The molecular weight excluding hydrogens is 200 g/mol. The molecule has 1 fully saturated rings. The number of carbonyl (C=O) groups is 1. The Labute approximate surface area is 96.3 Å². The van der Waals surface area contributed by atoms with E-state index in [1.54, 1.807) is 12.4 Å². The predicted molar refractivity (Wildman–Crippen MR) is 63.1 cm³/mol. The van der Waals surface area contributed by atoms with E-state index >= 15 is 0 Å². The number of rotatable bonds is 5. The fraction of sp³-hybridized carbons (Fsp3) is 0.538. The fourth-order valence-electron chi connectivity index (χ4n) is 1.85. The second kappa shape index (κ2) is 5.10. The lowest BCUT2D eigenvalue weighted by molar-refractivity contribution is -0.122. The molecule has 86 valence electrons. The van der Waals surface area contributed by atoms with Crippen molar-refractivity contribution in [3.63, 3.8) is 0 Å². The van der Waals surface area contributed by atoms with Crippen LogP contribution in [0.25, 0.3) is 0 Å². The quantitative estimate of drug-likeness (QED) is 0.823. The smallest absolute Gasteiger partial charge is 0.227 e. The van der Waals surface area contributed by atoms with E-state index < -0.39 is 0 Å². The molecule has 0 aromatic carbocycles. The topological polar surface area (TPSA) is 42.0 Å². The van der Waals surface area contributed by atoms with Crippen molar-refractivity contribution in [3.8, 4) is 0 Å². The molecule has 3 nitrogen and oxygen atoms in total. The molecule has 1 aromatic rings. The molecule has 2 rings (SSSR count). The van der Waals surface area contributed by atoms with Gasteiger partial charge in [-0.05, 0) is 30.9 Å². The normalized spacial score (nSPS) is 16.8. The molecule has 0 bridgehead atoms. The van der Waals surface area contributed by atoms with E-state index in [2.05, 4.69) is 17.2 Å². The van der Waals surface area contributed by atoms with Gasteiger partial charge in [-0.2, -0.15) is 0 Å². The Morgan fingerprint density at radius 3 is 3.00 bits per heavy atom. The highest BCUT2D eigenvalue weighted by Crippen LogP contribution is 2.24. The fourth-order valence-corrected chi connectivity index (χ4v) is 1.85. The average molecular weight is 218 g/mol. The largest absolute Gasteiger partial charge is 0.353 e. The minimum atomic E-state index is -0.0284. The summed E-state index contributed by atoms with van der Waals surface area (Å²) in [6.07, 6.45) is 7.72. The van der Waals surface area contributed by atoms with Gasteiger partial charge in [0.15, 0.2) is 0 Å². The first-order valence-corrected chi connectivity index (χ1v) is 6.01. The first kappa shape index (κ1) is 11.1. The van der Waals surface area contributed by atoms with Gasteiger partial charge in [0.2, 0.25) is 5.91 Å². The summed E-state index contributed by atoms with van der Waals surface area (Å²) in [6, 6.07) is 4.31. The Balaban J connectivity index is 2.06. The number of pyridine rings is 1. The van der Waals surface area contributed by atoms with Crippen molar-refractivity contribution in [2.45, 2.75) is 44.6 Å². The van der Waals surface area contributed by atoms with Gasteiger partial charge >= 0.3 is 0 Å². The summed E-state index contributed by atoms with van der Waals surface area (Å²) < 4.78 is 0. The van der Waals surface area contributed by atoms with Crippen LogP contribution >= 0.6 is 0 Å². The van der Waals surface area contributed by atoms with E-state index in [9.17, 15) is 4.79 Å². The molecule has 1 heterocycles. The van der Waals surface area contributed by atoms with E-state index in [0.717, 1.165) is 31.2 Å². The van der Waals surface area contributed by atoms with E-state index in [1.165, 1.54) is 0 Å². The Morgan fingerprint density at radius 1 is 1.62 bits per heavy atom. The Kier molecular flexibility index (Phi) is 3.54. The third-order valence-corrected chi connectivity index (χ3v) is 2.90. The standard InChI is InChI=1S/C13H18N2O/c1-2-4-12(10-5-3-8-14-9-10)13(16)15-11-6-7-11/h3,5,8-9,11-12H,2,4,6-7H2,1H3,(H,15,16). The van der Waals surface area contributed by atoms with Gasteiger partial charge in [-0.3, -0.25) is 9.78 Å². The molecule has 1 unspecified atom stereocenters. The van der Waals surface area contributed by atoms with Gasteiger partial charge in [0.1, 0.15) is 0 Å². The summed E-state index contributed by atoms with van der Waals surface area (Å²) in [4.78, 5) is 16.1. The van der Waals surface area contributed by atoms with Crippen molar-refractivity contribution in [2.75, 3.05) is 0 Å². The molecule has 1 aliphatic rings. The first-order chi connectivity index (χ1) is 7.81. The number of carbonyl (C=O) groups excluding carboxylic acids is 1. The summed E-state index contributed by atoms with van der Waals surface area (Å²) in [5.41, 5.74) is 1.03. The van der Waals surface area contributed by atoms with E-state index in [1.807, 2.05) is 12.1 Å². The lowest BCUT2D eigenvalue weighted by atomic mass is 9.95. The van der Waals surface area contributed by atoms with Crippen LogP contribution in [-0.2, 0) is 4.79 Å². The number of hydrogen-bond acceptors (Lipinski definition) is 2. The van der Waals surface area contributed by atoms with Crippen LogP contribution in [0.1, 0.15) is 44.1 Å². The molecule has 0 radical (unpaired) electrons. The van der Waals surface area contributed by atoms with Crippen LogP contribution < -0.4 is 5.32 Å². The van der Waals surface area contributed by atoms with Gasteiger partial charge in [-0.25, -0.2) is 0 Å². The molecule has 0 aliphatic heterocycles. The van der Waals surface area contributed by atoms with E-state index in [0.29, 0.717) is 6.04 Å². The number of hydrogen-bond donors (Lipinski definition) is 1. The third kappa shape index (κ3) is 2.81. The number of nitrogens with zero attached hydrogens (tertiary/aromatic N) is 1. The number of nitrogens with one attached hydrogen (secondary N) is 1. The first-order valence-electron chi connectivity index (χ1n) is 6.01. The van der Waals surface area contributed by atoms with Crippen molar-refractivity contribution in [1.82, 2.24) is 10.3 Å². The van der Waals surface area contributed by atoms with Crippen LogP contribution in [0.5, 0.6) is 0 Å². The van der Waals surface area contributed by atoms with Gasteiger partial charge in [-0.15, -0.1) is 0 Å². The minimum absolute atomic E-state index is 0.0284. The predicted octanol–water partition coefficient (Wildman–Crippen LogP) is 2.24. The molecule has 3 heteroatoms. The highest BCUT2D eigenvalue weighted by atomic mass is 16.2. The summed E-state index contributed by atoms with van der Waals surface area (Å²) in [5.74, 6) is 0.136.